The summed E-state index contributed by atoms with van der Waals surface area (Å²) in [7, 11) is 0. The monoisotopic (exact) mass is 481 g/mol. The molecule has 0 radical (unpaired) electrons. The van der Waals surface area contributed by atoms with E-state index in [0.29, 0.717) is 17.9 Å². The lowest BCUT2D eigenvalue weighted by Crippen LogP contribution is -2.51. The van der Waals surface area contributed by atoms with Crippen molar-refractivity contribution in [1.82, 2.24) is 4.90 Å². The molecule has 0 aromatic heterocycles. The minimum absolute atomic E-state index is 0.108. The van der Waals surface area contributed by atoms with Gasteiger partial charge in [-0.2, -0.15) is 0 Å². The molecule has 1 amide bonds. The smallest absolute Gasteiger partial charge is 0.239 e. The van der Waals surface area contributed by atoms with Gasteiger partial charge in [-0.1, -0.05) is 52.0 Å². The fourth-order valence-corrected chi connectivity index (χ4v) is 4.95. The molecule has 2 aromatic carbocycles. The molecule has 0 aliphatic carbocycles. The van der Waals surface area contributed by atoms with Crippen LogP contribution in [0.5, 0.6) is 0 Å². The van der Waals surface area contributed by atoms with Gasteiger partial charge < -0.3 is 15.5 Å². The number of hydrogen-bond acceptors (Lipinski definition) is 3. The predicted molar refractivity (Wildman–Crippen MR) is 144 cm³/mol. The zero-order valence-electron chi connectivity index (χ0n) is 22.1. The molecule has 35 heavy (non-hydrogen) atoms. The first-order valence-corrected chi connectivity index (χ1v) is 13.4. The molecule has 0 spiro atoms. The third-order valence-corrected chi connectivity index (χ3v) is 7.09. The Kier molecular flexibility index (Phi) is 10.1. The van der Waals surface area contributed by atoms with Gasteiger partial charge in [-0.05, 0) is 85.8 Å². The van der Waals surface area contributed by atoms with E-state index in [4.69, 9.17) is 5.73 Å². The van der Waals surface area contributed by atoms with Gasteiger partial charge in [0, 0.05) is 31.4 Å². The summed E-state index contributed by atoms with van der Waals surface area (Å²) in [5.74, 6) is 0.990. The number of amides is 1. The maximum Gasteiger partial charge on any atom is 0.239 e. The minimum Gasteiger partial charge on any atom is -0.368 e. The van der Waals surface area contributed by atoms with Crippen LogP contribution >= 0.6 is 0 Å². The van der Waals surface area contributed by atoms with Gasteiger partial charge in [0.1, 0.15) is 5.82 Å². The number of carbonyl (C=O) groups excluding carboxylic acids is 1. The molecule has 2 N–H and O–H groups in total. The normalized spacial score (nSPS) is 15.6. The van der Waals surface area contributed by atoms with E-state index >= 15 is 0 Å². The molecule has 1 saturated heterocycles. The molecular formula is C30H44FN3O. The highest BCUT2D eigenvalue weighted by Gasteiger charge is 2.29. The molecule has 2 aromatic rings. The quantitative estimate of drug-likeness (QED) is 0.439. The molecule has 5 heteroatoms. The molecule has 0 saturated carbocycles. The van der Waals surface area contributed by atoms with E-state index in [9.17, 15) is 9.18 Å². The Morgan fingerprint density at radius 3 is 2.00 bits per heavy atom. The summed E-state index contributed by atoms with van der Waals surface area (Å²) < 4.78 is 13.1. The molecule has 1 aliphatic heterocycles. The number of anilines is 1. The summed E-state index contributed by atoms with van der Waals surface area (Å²) in [5.41, 5.74) is 9.89. The minimum atomic E-state index is -0.383. The molecule has 0 bridgehead atoms. The molecule has 1 heterocycles. The van der Waals surface area contributed by atoms with Crippen LogP contribution < -0.4 is 10.6 Å². The number of hydrogen-bond donors (Lipinski definition) is 1. The third kappa shape index (κ3) is 8.34. The van der Waals surface area contributed by atoms with Crippen LogP contribution in [0.3, 0.4) is 0 Å². The highest BCUT2D eigenvalue weighted by molar-refractivity contribution is 5.81. The van der Waals surface area contributed by atoms with E-state index in [1.807, 2.05) is 17.0 Å². The molecule has 1 atom stereocenters. The second-order valence-electron chi connectivity index (χ2n) is 11.0. The molecule has 0 unspecified atom stereocenters. The summed E-state index contributed by atoms with van der Waals surface area (Å²) in [6, 6.07) is 15.8. The van der Waals surface area contributed by atoms with Crippen molar-refractivity contribution < 1.29 is 9.18 Å². The second-order valence-corrected chi connectivity index (χ2v) is 11.0. The van der Waals surface area contributed by atoms with Crippen molar-refractivity contribution >= 4 is 11.6 Å². The van der Waals surface area contributed by atoms with Crippen molar-refractivity contribution in [1.29, 1.82) is 0 Å². The first-order valence-electron chi connectivity index (χ1n) is 13.4. The molecule has 1 aliphatic rings. The lowest BCUT2D eigenvalue weighted by Gasteiger charge is -2.41. The number of nitrogens with zero attached hydrogens (tertiary/aromatic N) is 2. The molecule has 4 nitrogen and oxygen atoms in total. The Labute approximate surface area is 211 Å². The first-order chi connectivity index (χ1) is 16.7. The lowest BCUT2D eigenvalue weighted by atomic mass is 9.98. The number of halogens is 1. The lowest BCUT2D eigenvalue weighted by molar-refractivity contribution is -0.134. The van der Waals surface area contributed by atoms with Gasteiger partial charge in [-0.3, -0.25) is 4.79 Å². The van der Waals surface area contributed by atoms with Crippen molar-refractivity contribution in [2.45, 2.75) is 78.3 Å². The number of likely N-dealkylation sites (tertiary alicyclic amines) is 1. The predicted octanol–water partition coefficient (Wildman–Crippen LogP) is 5.83. The number of nitrogens with two attached hydrogens (primary N) is 1. The Balaban J connectivity index is 1.61. The van der Waals surface area contributed by atoms with Gasteiger partial charge in [0.25, 0.3) is 0 Å². The molecule has 3 rings (SSSR count). The van der Waals surface area contributed by atoms with Crippen LogP contribution in [0.1, 0.15) is 64.5 Å². The van der Waals surface area contributed by atoms with Gasteiger partial charge >= 0.3 is 0 Å². The molecule has 192 valence electrons. The van der Waals surface area contributed by atoms with Crippen molar-refractivity contribution in [2.24, 2.45) is 17.6 Å². The summed E-state index contributed by atoms with van der Waals surface area (Å²) >= 11 is 0. The van der Waals surface area contributed by atoms with E-state index in [-0.39, 0.29) is 17.8 Å². The Morgan fingerprint density at radius 1 is 0.943 bits per heavy atom. The summed E-state index contributed by atoms with van der Waals surface area (Å²) in [6.07, 6.45) is 5.68. The Bertz CT molecular complexity index is 902. The summed E-state index contributed by atoms with van der Waals surface area (Å²) in [5, 5.41) is 0. The zero-order chi connectivity index (χ0) is 25.4. The Hall–Kier alpha value is -2.40. The van der Waals surface area contributed by atoms with Gasteiger partial charge in [0.15, 0.2) is 0 Å². The van der Waals surface area contributed by atoms with Gasteiger partial charge in [-0.15, -0.1) is 0 Å². The SMILES string of the molecule is CC(C)CCN(c1ccc(CCc2ccc(F)cc2)cc1)C1CCN(C(=O)[C@@H](N)CC(C)C)CC1. The van der Waals surface area contributed by atoms with Crippen molar-refractivity contribution in [3.05, 3.63) is 65.5 Å². The standard InChI is InChI=1S/C30H44FN3O/c1-22(2)15-20-34(28-16-18-33(19-17-28)30(35)29(32)21-23(3)4)27-13-9-25(10-14-27)6-5-24-7-11-26(31)12-8-24/h7-14,22-23,28-29H,5-6,15-21,32H2,1-4H3/t29-/m0/s1. The van der Waals surface area contributed by atoms with Crippen LogP contribution in [0, 0.1) is 17.7 Å². The maximum absolute atomic E-state index is 13.1. The number of rotatable bonds is 11. The van der Waals surface area contributed by atoms with E-state index in [0.717, 1.165) is 63.7 Å². The number of aryl methyl sites for hydroxylation is 2. The average Bonchev–Trinajstić information content (AvgIpc) is 2.84. The maximum atomic E-state index is 13.1. The van der Waals surface area contributed by atoms with Crippen LogP contribution in [0.4, 0.5) is 10.1 Å². The van der Waals surface area contributed by atoms with Crippen LogP contribution in [0.15, 0.2) is 48.5 Å². The van der Waals surface area contributed by atoms with Crippen LogP contribution in [0.25, 0.3) is 0 Å². The number of piperidine rings is 1. The van der Waals surface area contributed by atoms with E-state index in [1.54, 1.807) is 0 Å². The fourth-order valence-electron chi connectivity index (χ4n) is 4.95. The van der Waals surface area contributed by atoms with Crippen LogP contribution in [-0.4, -0.2) is 42.5 Å². The van der Waals surface area contributed by atoms with E-state index in [2.05, 4.69) is 56.9 Å². The topological polar surface area (TPSA) is 49.6 Å². The highest BCUT2D eigenvalue weighted by atomic mass is 19.1. The summed E-state index contributed by atoms with van der Waals surface area (Å²) in [4.78, 5) is 17.3. The van der Waals surface area contributed by atoms with Crippen molar-refractivity contribution in [2.75, 3.05) is 24.5 Å². The van der Waals surface area contributed by atoms with E-state index < -0.39 is 0 Å². The van der Waals surface area contributed by atoms with Crippen LogP contribution in [-0.2, 0) is 17.6 Å². The second kappa shape index (κ2) is 13.1. The Morgan fingerprint density at radius 2 is 1.49 bits per heavy atom. The first kappa shape index (κ1) is 27.2. The van der Waals surface area contributed by atoms with Gasteiger partial charge in [0.2, 0.25) is 5.91 Å². The van der Waals surface area contributed by atoms with Gasteiger partial charge in [-0.25, -0.2) is 4.39 Å². The third-order valence-electron chi connectivity index (χ3n) is 7.09. The number of benzene rings is 2. The highest BCUT2D eigenvalue weighted by Crippen LogP contribution is 2.26. The zero-order valence-corrected chi connectivity index (χ0v) is 22.1. The van der Waals surface area contributed by atoms with Gasteiger partial charge in [0.05, 0.1) is 6.04 Å². The van der Waals surface area contributed by atoms with Crippen molar-refractivity contribution in [3.8, 4) is 0 Å². The summed E-state index contributed by atoms with van der Waals surface area (Å²) in [6.45, 7) is 11.4. The fraction of sp³-hybridized carbons (Fsp3) is 0.567. The number of carbonyl (C=O) groups is 1. The molecule has 1 fully saturated rings. The van der Waals surface area contributed by atoms with Crippen LogP contribution in [0.2, 0.25) is 0 Å². The van der Waals surface area contributed by atoms with E-state index in [1.165, 1.54) is 23.4 Å². The largest absolute Gasteiger partial charge is 0.368 e. The average molecular weight is 482 g/mol. The van der Waals surface area contributed by atoms with Crippen molar-refractivity contribution in [3.63, 3.8) is 0 Å². The molecular weight excluding hydrogens is 437 g/mol.